The lowest BCUT2D eigenvalue weighted by molar-refractivity contribution is -0.137. The van der Waals surface area contributed by atoms with Gasteiger partial charge in [-0.05, 0) is 48.9 Å². The van der Waals surface area contributed by atoms with Crippen LogP contribution in [-0.2, 0) is 6.18 Å². The van der Waals surface area contributed by atoms with Gasteiger partial charge in [0, 0.05) is 0 Å². The number of hydrogen-bond acceptors (Lipinski definition) is 0. The van der Waals surface area contributed by atoms with Crippen LogP contribution in [0.1, 0.15) is 11.1 Å². The lowest BCUT2D eigenvalue weighted by Gasteiger charge is -2.25. The molecule has 3 aromatic rings. The van der Waals surface area contributed by atoms with Gasteiger partial charge >= 0.3 is 6.18 Å². The summed E-state index contributed by atoms with van der Waals surface area (Å²) in [6.07, 6.45) is -4.35. The number of benzene rings is 3. The van der Waals surface area contributed by atoms with Crippen LogP contribution < -0.4 is 15.9 Å². The van der Waals surface area contributed by atoms with Gasteiger partial charge in [-0.25, -0.2) is 0 Å². The maximum Gasteiger partial charge on any atom is 0.416 e. The van der Waals surface area contributed by atoms with Crippen LogP contribution in [0.5, 0.6) is 0 Å². The molecule has 0 saturated carbocycles. The van der Waals surface area contributed by atoms with Crippen LogP contribution in [0, 0.1) is 6.92 Å². The van der Waals surface area contributed by atoms with E-state index in [2.05, 4.69) is 6.66 Å². The fourth-order valence-electron chi connectivity index (χ4n) is 3.15. The molecule has 0 unspecified atom stereocenters. The van der Waals surface area contributed by atoms with Gasteiger partial charge < -0.3 is 0 Å². The van der Waals surface area contributed by atoms with Gasteiger partial charge in [0.25, 0.3) is 0 Å². The second kappa shape index (κ2) is 6.65. The Hall–Kier alpha value is -2.12. The molecule has 0 aromatic heterocycles. The minimum atomic E-state index is -4.35. The molecule has 0 radical (unpaired) electrons. The van der Waals surface area contributed by atoms with Gasteiger partial charge in [-0.1, -0.05) is 42.5 Å². The summed E-state index contributed by atoms with van der Waals surface area (Å²) in [7, 11) is -2.16. The molecule has 128 valence electrons. The second-order valence-corrected chi connectivity index (χ2v) is 9.70. The number of rotatable bonds is 3. The highest BCUT2D eigenvalue weighted by Crippen LogP contribution is 2.52. The molecule has 0 nitrogen and oxygen atoms in total. The molecule has 3 rings (SSSR count). The topological polar surface area (TPSA) is 0 Å². The fraction of sp³-hybridized carbons (Fsp3) is 0.143. The van der Waals surface area contributed by atoms with Gasteiger partial charge in [0.1, 0.15) is 23.2 Å². The van der Waals surface area contributed by atoms with E-state index in [4.69, 9.17) is 0 Å². The summed E-state index contributed by atoms with van der Waals surface area (Å²) in [5.41, 5.74) is 0.294. The Morgan fingerprint density at radius 3 is 1.64 bits per heavy atom. The van der Waals surface area contributed by atoms with E-state index >= 15 is 0 Å². The van der Waals surface area contributed by atoms with E-state index in [1.807, 2.05) is 67.6 Å². The maximum atomic E-state index is 13.3. The monoisotopic (exact) mass is 359 g/mol. The third-order valence-electron chi connectivity index (χ3n) is 4.56. The first-order valence-corrected chi connectivity index (χ1v) is 10.2. The fourth-order valence-corrected chi connectivity index (χ4v) is 6.72. The summed E-state index contributed by atoms with van der Waals surface area (Å²) in [6, 6.07) is 23.8. The highest BCUT2D eigenvalue weighted by Gasteiger charge is 2.43. The van der Waals surface area contributed by atoms with E-state index in [-0.39, 0.29) is 0 Å². The smallest absolute Gasteiger partial charge is 0.166 e. The third-order valence-corrected chi connectivity index (χ3v) is 8.67. The Bertz CT molecular complexity index is 816. The first-order chi connectivity index (χ1) is 11.8. The maximum absolute atomic E-state index is 13.3. The minimum absolute atomic E-state index is 0.591. The Morgan fingerprint density at radius 2 is 1.20 bits per heavy atom. The largest absolute Gasteiger partial charge is 0.416 e. The van der Waals surface area contributed by atoms with E-state index in [0.29, 0.717) is 0 Å². The average Bonchev–Trinajstić information content (AvgIpc) is 2.62. The van der Waals surface area contributed by atoms with Crippen LogP contribution in [0.4, 0.5) is 13.2 Å². The van der Waals surface area contributed by atoms with E-state index in [9.17, 15) is 13.2 Å². The van der Waals surface area contributed by atoms with E-state index in [1.54, 1.807) is 6.07 Å². The zero-order valence-corrected chi connectivity index (χ0v) is 15.0. The first-order valence-electron chi connectivity index (χ1n) is 7.99. The number of aryl methyl sites for hydroxylation is 1. The van der Waals surface area contributed by atoms with Gasteiger partial charge in [0.15, 0.2) is 0 Å². The van der Waals surface area contributed by atoms with E-state index in [0.717, 1.165) is 21.5 Å². The summed E-state index contributed by atoms with van der Waals surface area (Å²) in [5, 5.41) is 2.92. The lowest BCUT2D eigenvalue weighted by Crippen LogP contribution is -2.32. The molecule has 4 heteroatoms. The molecule has 3 aromatic carbocycles. The number of halogens is 3. The molecule has 0 aliphatic rings. The molecule has 0 aliphatic heterocycles. The van der Waals surface area contributed by atoms with E-state index in [1.165, 1.54) is 12.1 Å². The van der Waals surface area contributed by atoms with Crippen molar-refractivity contribution in [2.24, 2.45) is 0 Å². The summed E-state index contributed by atoms with van der Waals surface area (Å²) in [5.74, 6) is 0. The number of alkyl halides is 3. The van der Waals surface area contributed by atoms with E-state index < -0.39 is 19.0 Å². The SMILES string of the molecule is Cc1ccc(C(F)(F)F)cc1[P+](C)(c1ccccc1)c1ccccc1. The molecule has 0 N–H and O–H groups in total. The van der Waals surface area contributed by atoms with Crippen molar-refractivity contribution >= 4 is 23.2 Å². The zero-order chi connectivity index (χ0) is 18.1. The van der Waals surface area contributed by atoms with Crippen molar-refractivity contribution in [2.75, 3.05) is 6.66 Å². The molecule has 0 amide bonds. The van der Waals surface area contributed by atoms with Gasteiger partial charge in [-0.2, -0.15) is 13.2 Å². The van der Waals surface area contributed by atoms with Crippen molar-refractivity contribution < 1.29 is 13.2 Å². The van der Waals surface area contributed by atoms with Gasteiger partial charge in [0.2, 0.25) is 0 Å². The average molecular weight is 359 g/mol. The molecule has 25 heavy (non-hydrogen) atoms. The Balaban J connectivity index is 2.31. The zero-order valence-electron chi connectivity index (χ0n) is 14.1. The van der Waals surface area contributed by atoms with Crippen LogP contribution >= 0.6 is 7.26 Å². The van der Waals surface area contributed by atoms with Crippen LogP contribution in [0.25, 0.3) is 0 Å². The van der Waals surface area contributed by atoms with Crippen molar-refractivity contribution in [3.8, 4) is 0 Å². The quantitative estimate of drug-likeness (QED) is 0.581. The molecule has 0 saturated heterocycles. The highest BCUT2D eigenvalue weighted by atomic mass is 31.2. The van der Waals surface area contributed by atoms with Crippen LogP contribution in [0.3, 0.4) is 0 Å². The number of hydrogen-bond donors (Lipinski definition) is 0. The van der Waals surface area contributed by atoms with Crippen LogP contribution in [-0.4, -0.2) is 6.66 Å². The van der Waals surface area contributed by atoms with Crippen molar-refractivity contribution in [1.82, 2.24) is 0 Å². The molecule has 0 fully saturated rings. The summed E-state index contributed by atoms with van der Waals surface area (Å²) in [4.78, 5) is 0. The molecule has 0 spiro atoms. The summed E-state index contributed by atoms with van der Waals surface area (Å²) in [6.45, 7) is 3.99. The minimum Gasteiger partial charge on any atom is -0.166 e. The highest BCUT2D eigenvalue weighted by molar-refractivity contribution is 7.95. The van der Waals surface area contributed by atoms with Gasteiger partial charge in [-0.3, -0.25) is 0 Å². The lowest BCUT2D eigenvalue weighted by atomic mass is 10.1. The predicted octanol–water partition coefficient (Wildman–Crippen LogP) is 4.94. The Morgan fingerprint density at radius 1 is 0.720 bits per heavy atom. The molecule has 0 heterocycles. The standard InChI is InChI=1S/C21H19F3P/c1-16-13-14-17(21(22,23)24)15-20(16)25(2,18-9-5-3-6-10-18)19-11-7-4-8-12-19/h3-15H,1-2H3/q+1. The second-order valence-electron chi connectivity index (χ2n) is 6.18. The van der Waals surface area contributed by atoms with Crippen molar-refractivity contribution in [3.05, 3.63) is 90.0 Å². The van der Waals surface area contributed by atoms with Crippen molar-refractivity contribution in [1.29, 1.82) is 0 Å². The Labute approximate surface area is 146 Å². The molecular weight excluding hydrogens is 340 g/mol. The molecular formula is C21H19F3P+. The summed E-state index contributed by atoms with van der Waals surface area (Å²) >= 11 is 0. The Kier molecular flexibility index (Phi) is 4.71. The van der Waals surface area contributed by atoms with Crippen LogP contribution in [0.2, 0.25) is 0 Å². The van der Waals surface area contributed by atoms with Crippen LogP contribution in [0.15, 0.2) is 78.9 Å². The third kappa shape index (κ3) is 3.34. The van der Waals surface area contributed by atoms with Crippen molar-refractivity contribution in [3.63, 3.8) is 0 Å². The predicted molar refractivity (Wildman–Crippen MR) is 101 cm³/mol. The van der Waals surface area contributed by atoms with Gasteiger partial charge in [0.05, 0.1) is 12.2 Å². The van der Waals surface area contributed by atoms with Crippen molar-refractivity contribution in [2.45, 2.75) is 13.1 Å². The van der Waals surface area contributed by atoms with Gasteiger partial charge in [-0.15, -0.1) is 0 Å². The summed E-state index contributed by atoms with van der Waals surface area (Å²) < 4.78 is 39.9. The molecule has 0 atom stereocenters. The normalized spacial score (nSPS) is 12.2. The molecule has 0 bridgehead atoms. The molecule has 0 aliphatic carbocycles. The first kappa shape index (κ1) is 17.7.